The van der Waals surface area contributed by atoms with Gasteiger partial charge in [0.2, 0.25) is 5.91 Å². The Morgan fingerprint density at radius 3 is 2.33 bits per heavy atom. The van der Waals surface area contributed by atoms with Crippen LogP contribution in [0.4, 0.5) is 0 Å². The molecule has 0 aromatic rings. The van der Waals surface area contributed by atoms with Gasteiger partial charge in [0, 0.05) is 13.0 Å². The molecule has 0 heterocycles. The lowest BCUT2D eigenvalue weighted by molar-refractivity contribution is -0.151. The number of hydrogen-bond acceptors (Lipinski definition) is 3. The Balaban J connectivity index is 2.51. The summed E-state index contributed by atoms with van der Waals surface area (Å²) in [6.07, 6.45) is 3.43. The summed E-state index contributed by atoms with van der Waals surface area (Å²) in [6, 6.07) is 0. The average Bonchev–Trinajstić information content (AvgIpc) is 2.76. The Morgan fingerprint density at radius 1 is 1.33 bits per heavy atom. The summed E-state index contributed by atoms with van der Waals surface area (Å²) in [6.45, 7) is 3.65. The van der Waals surface area contributed by atoms with Gasteiger partial charge in [-0.15, -0.1) is 0 Å². The predicted molar refractivity (Wildman–Crippen MR) is 67.1 cm³/mol. The number of amides is 1. The molecule has 1 amide bonds. The van der Waals surface area contributed by atoms with Crippen molar-refractivity contribution in [3.63, 3.8) is 0 Å². The second-order valence-corrected chi connectivity index (χ2v) is 5.60. The summed E-state index contributed by atoms with van der Waals surface area (Å²) >= 11 is 0. The molecule has 1 aliphatic rings. The molecule has 1 saturated carbocycles. The molecule has 1 rings (SSSR count). The maximum Gasteiger partial charge on any atom is 0.310 e. The zero-order chi connectivity index (χ0) is 13.8. The van der Waals surface area contributed by atoms with Crippen LogP contribution >= 0.6 is 0 Å². The first kappa shape index (κ1) is 15.0. The highest BCUT2D eigenvalue weighted by molar-refractivity contribution is 5.85. The van der Waals surface area contributed by atoms with Gasteiger partial charge in [0.15, 0.2) is 0 Å². The van der Waals surface area contributed by atoms with Crippen LogP contribution in [0, 0.1) is 5.41 Å². The largest absolute Gasteiger partial charge is 0.481 e. The third kappa shape index (κ3) is 3.70. The molecule has 1 unspecified atom stereocenters. The second kappa shape index (κ2) is 5.69. The summed E-state index contributed by atoms with van der Waals surface area (Å²) < 4.78 is 0. The zero-order valence-corrected chi connectivity index (χ0v) is 11.2. The number of aliphatic hydroxyl groups is 1. The molecule has 1 fully saturated rings. The molecule has 3 N–H and O–H groups in total. The van der Waals surface area contributed by atoms with E-state index in [0.717, 1.165) is 12.8 Å². The van der Waals surface area contributed by atoms with E-state index < -0.39 is 17.0 Å². The molecule has 18 heavy (non-hydrogen) atoms. The van der Waals surface area contributed by atoms with Crippen LogP contribution in [0.5, 0.6) is 0 Å². The quantitative estimate of drug-likeness (QED) is 0.669. The van der Waals surface area contributed by atoms with Crippen molar-refractivity contribution in [2.45, 2.75) is 58.0 Å². The average molecular weight is 257 g/mol. The molecule has 0 saturated heterocycles. The highest BCUT2D eigenvalue weighted by Crippen LogP contribution is 2.41. The number of carboxylic acid groups (broad SMARTS) is 1. The lowest BCUT2D eigenvalue weighted by atomic mass is 9.82. The van der Waals surface area contributed by atoms with E-state index >= 15 is 0 Å². The fraction of sp³-hybridized carbons (Fsp3) is 0.846. The van der Waals surface area contributed by atoms with Crippen LogP contribution in [0.1, 0.15) is 52.4 Å². The van der Waals surface area contributed by atoms with E-state index in [-0.39, 0.29) is 18.9 Å². The van der Waals surface area contributed by atoms with Crippen LogP contribution < -0.4 is 5.32 Å². The number of hydrogen-bond donors (Lipinski definition) is 3. The lowest BCUT2D eigenvalue weighted by Crippen LogP contribution is -2.42. The van der Waals surface area contributed by atoms with Crippen LogP contribution in [-0.4, -0.2) is 34.2 Å². The van der Waals surface area contributed by atoms with Crippen molar-refractivity contribution in [2.24, 2.45) is 5.41 Å². The van der Waals surface area contributed by atoms with Crippen LogP contribution in [0.2, 0.25) is 0 Å². The topological polar surface area (TPSA) is 86.6 Å². The van der Waals surface area contributed by atoms with E-state index in [2.05, 4.69) is 5.32 Å². The number of carboxylic acids is 1. The molecule has 0 bridgehead atoms. The molecule has 1 atom stereocenters. The van der Waals surface area contributed by atoms with Crippen LogP contribution in [0.25, 0.3) is 0 Å². The monoisotopic (exact) mass is 257 g/mol. The summed E-state index contributed by atoms with van der Waals surface area (Å²) in [5, 5.41) is 21.7. The molecule has 5 nitrogen and oxygen atoms in total. The van der Waals surface area contributed by atoms with Crippen molar-refractivity contribution in [2.75, 3.05) is 6.54 Å². The summed E-state index contributed by atoms with van der Waals surface area (Å²) in [4.78, 5) is 23.1. The van der Waals surface area contributed by atoms with E-state index in [1.807, 2.05) is 6.92 Å². The molecule has 1 aliphatic carbocycles. The van der Waals surface area contributed by atoms with Gasteiger partial charge in [-0.25, -0.2) is 0 Å². The molecule has 0 aliphatic heterocycles. The first-order valence-electron chi connectivity index (χ1n) is 6.54. The summed E-state index contributed by atoms with van der Waals surface area (Å²) in [5.41, 5.74) is -1.82. The fourth-order valence-corrected chi connectivity index (χ4v) is 2.30. The lowest BCUT2D eigenvalue weighted by Gasteiger charge is -2.25. The molecule has 0 aromatic heterocycles. The van der Waals surface area contributed by atoms with E-state index in [1.165, 1.54) is 0 Å². The number of rotatable bonds is 6. The Morgan fingerprint density at radius 2 is 1.89 bits per heavy atom. The van der Waals surface area contributed by atoms with Gasteiger partial charge in [0.25, 0.3) is 0 Å². The van der Waals surface area contributed by atoms with Gasteiger partial charge in [-0.2, -0.15) is 0 Å². The Hall–Kier alpha value is -1.10. The van der Waals surface area contributed by atoms with E-state index in [4.69, 9.17) is 0 Å². The van der Waals surface area contributed by atoms with Gasteiger partial charge in [-0.3, -0.25) is 9.59 Å². The van der Waals surface area contributed by atoms with Crippen molar-refractivity contribution in [3.8, 4) is 0 Å². The summed E-state index contributed by atoms with van der Waals surface area (Å²) in [5.74, 6) is -1.16. The minimum Gasteiger partial charge on any atom is -0.481 e. The second-order valence-electron chi connectivity index (χ2n) is 5.60. The number of aliphatic carboxylic acids is 1. The SMILES string of the molecule is CCC(C)(O)CNC(=O)CC1(C(=O)O)CCCC1. The standard InChI is InChI=1S/C13H23NO4/c1-3-12(2,18)9-14-10(15)8-13(11(16)17)6-4-5-7-13/h18H,3-9H2,1-2H3,(H,14,15)(H,16,17). The van der Waals surface area contributed by atoms with E-state index in [0.29, 0.717) is 19.3 Å². The van der Waals surface area contributed by atoms with Crippen LogP contribution in [-0.2, 0) is 9.59 Å². The van der Waals surface area contributed by atoms with Gasteiger partial charge in [0.1, 0.15) is 0 Å². The van der Waals surface area contributed by atoms with Crippen molar-refractivity contribution in [1.29, 1.82) is 0 Å². The van der Waals surface area contributed by atoms with Gasteiger partial charge < -0.3 is 15.5 Å². The van der Waals surface area contributed by atoms with Crippen molar-refractivity contribution in [3.05, 3.63) is 0 Å². The van der Waals surface area contributed by atoms with Crippen molar-refractivity contribution in [1.82, 2.24) is 5.32 Å². The summed E-state index contributed by atoms with van der Waals surface area (Å²) in [7, 11) is 0. The third-order valence-corrected chi connectivity index (χ3v) is 3.94. The number of carbonyl (C=O) groups is 2. The molecule has 104 valence electrons. The molecule has 0 spiro atoms. The zero-order valence-electron chi connectivity index (χ0n) is 11.2. The van der Waals surface area contributed by atoms with Gasteiger partial charge in [-0.05, 0) is 26.2 Å². The molecule has 0 radical (unpaired) electrons. The fourth-order valence-electron chi connectivity index (χ4n) is 2.30. The highest BCUT2D eigenvalue weighted by atomic mass is 16.4. The van der Waals surface area contributed by atoms with Crippen LogP contribution in [0.15, 0.2) is 0 Å². The number of carbonyl (C=O) groups excluding carboxylic acids is 1. The molecule has 0 aromatic carbocycles. The first-order valence-corrected chi connectivity index (χ1v) is 6.54. The molecular weight excluding hydrogens is 234 g/mol. The third-order valence-electron chi connectivity index (χ3n) is 3.94. The highest BCUT2D eigenvalue weighted by Gasteiger charge is 2.43. The molecular formula is C13H23NO4. The maximum absolute atomic E-state index is 11.8. The Labute approximate surface area is 108 Å². The smallest absolute Gasteiger partial charge is 0.310 e. The van der Waals surface area contributed by atoms with Crippen LogP contribution in [0.3, 0.4) is 0 Å². The normalized spacial score (nSPS) is 21.3. The molecule has 5 heteroatoms. The maximum atomic E-state index is 11.8. The Kier molecular flexibility index (Phi) is 4.73. The van der Waals surface area contributed by atoms with Crippen molar-refractivity contribution >= 4 is 11.9 Å². The Bertz CT molecular complexity index is 319. The minimum absolute atomic E-state index is 0.0160. The van der Waals surface area contributed by atoms with Gasteiger partial charge in [-0.1, -0.05) is 19.8 Å². The van der Waals surface area contributed by atoms with Crippen molar-refractivity contribution < 1.29 is 19.8 Å². The van der Waals surface area contributed by atoms with Gasteiger partial charge >= 0.3 is 5.97 Å². The first-order chi connectivity index (χ1) is 8.31. The van der Waals surface area contributed by atoms with E-state index in [9.17, 15) is 19.8 Å². The number of nitrogens with one attached hydrogen (secondary N) is 1. The van der Waals surface area contributed by atoms with Gasteiger partial charge in [0.05, 0.1) is 11.0 Å². The van der Waals surface area contributed by atoms with E-state index in [1.54, 1.807) is 6.92 Å². The minimum atomic E-state index is -0.929. The predicted octanol–water partition coefficient (Wildman–Crippen LogP) is 1.30.